The van der Waals surface area contributed by atoms with Gasteiger partial charge in [0.1, 0.15) is 0 Å². The fraction of sp³-hybridized carbons (Fsp3) is 0.391. The average Bonchev–Trinajstić information content (AvgIpc) is 3.15. The van der Waals surface area contributed by atoms with Crippen LogP contribution in [0, 0.1) is 0 Å². The first-order chi connectivity index (χ1) is 15.8. The van der Waals surface area contributed by atoms with E-state index in [-0.39, 0.29) is 16.6 Å². The molecule has 4 rings (SSSR count). The van der Waals surface area contributed by atoms with Gasteiger partial charge in [0, 0.05) is 31.0 Å². The Kier molecular flexibility index (Phi) is 7.26. The molecule has 176 valence electrons. The van der Waals surface area contributed by atoms with Gasteiger partial charge in [0.05, 0.1) is 21.7 Å². The Hall–Kier alpha value is -2.56. The fourth-order valence-electron chi connectivity index (χ4n) is 4.05. The molecule has 1 amide bonds. The normalized spacial score (nSPS) is 14.5. The van der Waals surface area contributed by atoms with Crippen molar-refractivity contribution in [1.29, 1.82) is 0 Å². The number of carbonyl (C=O) groups excluding carboxylic acids is 1. The molecule has 0 unspecified atom stereocenters. The monoisotopic (exact) mass is 487 g/mol. The number of hydrogen-bond acceptors (Lipinski definition) is 6. The second-order valence-electron chi connectivity index (χ2n) is 8.17. The SMILES string of the molecule is CCCn1c(SCC(=O)Nc2ccc(N3CCCCC3)cc2)nc2cc(S(N)(=O)=O)ccc21. The van der Waals surface area contributed by atoms with Crippen LogP contribution >= 0.6 is 11.8 Å². The van der Waals surface area contributed by atoms with Gasteiger partial charge in [-0.2, -0.15) is 0 Å². The summed E-state index contributed by atoms with van der Waals surface area (Å²) >= 11 is 1.33. The van der Waals surface area contributed by atoms with Crippen LogP contribution in [0.5, 0.6) is 0 Å². The van der Waals surface area contributed by atoms with E-state index in [1.54, 1.807) is 6.07 Å². The molecule has 1 aromatic heterocycles. The zero-order valence-electron chi connectivity index (χ0n) is 18.7. The summed E-state index contributed by atoms with van der Waals surface area (Å²) < 4.78 is 25.4. The number of aryl methyl sites for hydroxylation is 1. The molecule has 1 aliphatic heterocycles. The highest BCUT2D eigenvalue weighted by Crippen LogP contribution is 2.27. The van der Waals surface area contributed by atoms with Gasteiger partial charge in [-0.15, -0.1) is 0 Å². The summed E-state index contributed by atoms with van der Waals surface area (Å²) in [6.45, 7) is 4.94. The van der Waals surface area contributed by atoms with Gasteiger partial charge in [0.25, 0.3) is 0 Å². The van der Waals surface area contributed by atoms with E-state index in [9.17, 15) is 13.2 Å². The molecule has 0 saturated carbocycles. The molecule has 0 radical (unpaired) electrons. The number of primary sulfonamides is 1. The van der Waals surface area contributed by atoms with Crippen molar-refractivity contribution in [2.24, 2.45) is 5.14 Å². The second-order valence-corrected chi connectivity index (χ2v) is 10.7. The minimum atomic E-state index is -3.80. The van der Waals surface area contributed by atoms with Crippen LogP contribution in [0.15, 0.2) is 52.5 Å². The molecule has 1 aliphatic rings. The average molecular weight is 488 g/mol. The summed E-state index contributed by atoms with van der Waals surface area (Å²) in [5.74, 6) is 0.0780. The lowest BCUT2D eigenvalue weighted by Crippen LogP contribution is -2.29. The molecule has 10 heteroatoms. The maximum absolute atomic E-state index is 12.6. The highest BCUT2D eigenvalue weighted by Gasteiger charge is 2.16. The fourth-order valence-corrected chi connectivity index (χ4v) is 5.42. The quantitative estimate of drug-likeness (QED) is 0.468. The van der Waals surface area contributed by atoms with Crippen LogP contribution in [-0.4, -0.2) is 42.7 Å². The molecule has 3 aromatic rings. The van der Waals surface area contributed by atoms with Crippen molar-refractivity contribution in [3.05, 3.63) is 42.5 Å². The number of rotatable bonds is 8. The van der Waals surface area contributed by atoms with Gasteiger partial charge in [0.2, 0.25) is 15.9 Å². The van der Waals surface area contributed by atoms with Gasteiger partial charge in [-0.25, -0.2) is 18.5 Å². The number of imidazole rings is 1. The van der Waals surface area contributed by atoms with Crippen molar-refractivity contribution >= 4 is 50.1 Å². The molecule has 3 N–H and O–H groups in total. The Bertz CT molecular complexity index is 1230. The maximum atomic E-state index is 12.6. The highest BCUT2D eigenvalue weighted by molar-refractivity contribution is 7.99. The Morgan fingerprint density at radius 1 is 1.12 bits per heavy atom. The minimum absolute atomic E-state index is 0.0263. The van der Waals surface area contributed by atoms with E-state index in [1.165, 1.54) is 48.8 Å². The lowest BCUT2D eigenvalue weighted by Gasteiger charge is -2.28. The highest BCUT2D eigenvalue weighted by atomic mass is 32.2. The lowest BCUT2D eigenvalue weighted by atomic mass is 10.1. The van der Waals surface area contributed by atoms with E-state index >= 15 is 0 Å². The summed E-state index contributed by atoms with van der Waals surface area (Å²) in [6.07, 6.45) is 4.62. The molecule has 1 fully saturated rings. The van der Waals surface area contributed by atoms with Crippen molar-refractivity contribution < 1.29 is 13.2 Å². The number of sulfonamides is 1. The number of carbonyl (C=O) groups is 1. The molecule has 0 aliphatic carbocycles. The molecular weight excluding hydrogens is 458 g/mol. The summed E-state index contributed by atoms with van der Waals surface area (Å²) in [6, 6.07) is 12.7. The predicted octanol–water partition coefficient (Wildman–Crippen LogP) is 3.81. The van der Waals surface area contributed by atoms with Crippen molar-refractivity contribution in [3.63, 3.8) is 0 Å². The van der Waals surface area contributed by atoms with Crippen LogP contribution in [0.3, 0.4) is 0 Å². The molecule has 0 spiro atoms. The van der Waals surface area contributed by atoms with E-state index in [0.717, 1.165) is 30.7 Å². The van der Waals surface area contributed by atoms with Crippen molar-refractivity contribution in [3.8, 4) is 0 Å². The van der Waals surface area contributed by atoms with Crippen molar-refractivity contribution in [2.45, 2.75) is 49.2 Å². The van der Waals surface area contributed by atoms with Crippen LogP contribution in [0.25, 0.3) is 11.0 Å². The lowest BCUT2D eigenvalue weighted by molar-refractivity contribution is -0.113. The molecule has 2 aromatic carbocycles. The number of aromatic nitrogens is 2. The largest absolute Gasteiger partial charge is 0.372 e. The number of anilines is 2. The number of hydrogen-bond donors (Lipinski definition) is 2. The molecule has 0 atom stereocenters. The summed E-state index contributed by atoms with van der Waals surface area (Å²) in [4.78, 5) is 19.5. The van der Waals surface area contributed by atoms with Gasteiger partial charge in [-0.05, 0) is 68.1 Å². The summed E-state index contributed by atoms with van der Waals surface area (Å²) in [7, 11) is -3.80. The van der Waals surface area contributed by atoms with E-state index in [1.807, 2.05) is 16.7 Å². The third kappa shape index (κ3) is 5.69. The van der Waals surface area contributed by atoms with Crippen LogP contribution < -0.4 is 15.4 Å². The summed E-state index contributed by atoms with van der Waals surface area (Å²) in [5, 5.41) is 8.87. The molecule has 0 bridgehead atoms. The third-order valence-corrected chi connectivity index (χ3v) is 7.55. The van der Waals surface area contributed by atoms with Gasteiger partial charge in [-0.1, -0.05) is 18.7 Å². The van der Waals surface area contributed by atoms with Gasteiger partial charge in [0.15, 0.2) is 5.16 Å². The number of nitrogens with zero attached hydrogens (tertiary/aromatic N) is 3. The number of benzene rings is 2. The van der Waals surface area contributed by atoms with Gasteiger partial charge < -0.3 is 14.8 Å². The Morgan fingerprint density at radius 3 is 2.52 bits per heavy atom. The zero-order chi connectivity index (χ0) is 23.4. The topological polar surface area (TPSA) is 110 Å². The standard InChI is InChI=1S/C23H29N5O3S2/c1-2-12-28-21-11-10-19(33(24,30)31)15-20(21)26-23(28)32-16-22(29)25-17-6-8-18(9-7-17)27-13-4-3-5-14-27/h6-11,15H,2-5,12-14,16H2,1H3,(H,25,29)(H2,24,30,31). The molecular formula is C23H29N5O3S2. The Balaban J connectivity index is 1.42. The first-order valence-electron chi connectivity index (χ1n) is 11.2. The smallest absolute Gasteiger partial charge is 0.238 e. The number of fused-ring (bicyclic) bond motifs is 1. The van der Waals surface area contributed by atoms with Gasteiger partial charge in [-0.3, -0.25) is 4.79 Å². The molecule has 2 heterocycles. The van der Waals surface area contributed by atoms with E-state index in [0.29, 0.717) is 17.2 Å². The van der Waals surface area contributed by atoms with Crippen LogP contribution in [0.2, 0.25) is 0 Å². The Labute approximate surface area is 198 Å². The van der Waals surface area contributed by atoms with Crippen molar-refractivity contribution in [2.75, 3.05) is 29.1 Å². The third-order valence-electron chi connectivity index (χ3n) is 5.67. The van der Waals surface area contributed by atoms with E-state index in [4.69, 9.17) is 5.14 Å². The van der Waals surface area contributed by atoms with Crippen LogP contribution in [-0.2, 0) is 21.4 Å². The molecule has 1 saturated heterocycles. The maximum Gasteiger partial charge on any atom is 0.238 e. The molecule has 33 heavy (non-hydrogen) atoms. The second kappa shape index (κ2) is 10.1. The number of amides is 1. The van der Waals surface area contributed by atoms with Crippen molar-refractivity contribution in [1.82, 2.24) is 9.55 Å². The first-order valence-corrected chi connectivity index (χ1v) is 13.7. The zero-order valence-corrected chi connectivity index (χ0v) is 20.3. The first kappa shape index (κ1) is 23.6. The van der Waals surface area contributed by atoms with Gasteiger partial charge >= 0.3 is 0 Å². The Morgan fingerprint density at radius 2 is 1.85 bits per heavy atom. The summed E-state index contributed by atoms with van der Waals surface area (Å²) in [5.41, 5.74) is 3.32. The minimum Gasteiger partial charge on any atom is -0.372 e. The number of piperidine rings is 1. The number of thioether (sulfide) groups is 1. The van der Waals surface area contributed by atoms with E-state index in [2.05, 4.69) is 34.3 Å². The van der Waals surface area contributed by atoms with E-state index < -0.39 is 10.0 Å². The number of nitrogens with one attached hydrogen (secondary N) is 1. The molecule has 8 nitrogen and oxygen atoms in total. The number of nitrogens with two attached hydrogens (primary N) is 1. The van der Waals surface area contributed by atoms with Crippen LogP contribution in [0.4, 0.5) is 11.4 Å². The van der Waals surface area contributed by atoms with Crippen LogP contribution in [0.1, 0.15) is 32.6 Å². The predicted molar refractivity (Wildman–Crippen MR) is 133 cm³/mol.